The van der Waals surface area contributed by atoms with Gasteiger partial charge in [0.15, 0.2) is 11.5 Å². The van der Waals surface area contributed by atoms with Crippen LogP contribution in [0.15, 0.2) is 47.4 Å². The summed E-state index contributed by atoms with van der Waals surface area (Å²) in [6.45, 7) is 2.56. The van der Waals surface area contributed by atoms with Crippen LogP contribution in [0.2, 0.25) is 0 Å². The Hall–Kier alpha value is -2.74. The quantitative estimate of drug-likeness (QED) is 0.747. The molecule has 0 bridgehead atoms. The summed E-state index contributed by atoms with van der Waals surface area (Å²) in [7, 11) is 0.584. The second-order valence-corrected chi connectivity index (χ2v) is 7.76. The summed E-state index contributed by atoms with van der Waals surface area (Å²) in [5.74, 6) is 0.588. The van der Waals surface area contributed by atoms with Gasteiger partial charge in [0.05, 0.1) is 24.8 Å². The van der Waals surface area contributed by atoms with E-state index in [0.29, 0.717) is 29.3 Å². The lowest BCUT2D eigenvalue weighted by Crippen LogP contribution is -2.27. The van der Waals surface area contributed by atoms with Gasteiger partial charge in [-0.05, 0) is 42.8 Å². The Balaban J connectivity index is 2.28. The molecule has 146 valence electrons. The van der Waals surface area contributed by atoms with Crippen LogP contribution in [-0.2, 0) is 10.0 Å². The van der Waals surface area contributed by atoms with Crippen molar-refractivity contribution >= 4 is 21.6 Å². The van der Waals surface area contributed by atoms with Gasteiger partial charge in [-0.1, -0.05) is 6.92 Å². The lowest BCUT2D eigenvalue weighted by molar-refractivity contribution is 0.0953. The fraction of sp³-hybridized carbons (Fsp3) is 0.316. The third-order valence-corrected chi connectivity index (χ3v) is 5.82. The maximum Gasteiger partial charge on any atom is 0.264 e. The van der Waals surface area contributed by atoms with Crippen molar-refractivity contribution in [2.45, 2.75) is 18.2 Å². The number of sulfonamides is 1. The summed E-state index contributed by atoms with van der Waals surface area (Å²) in [5, 5.41) is 2.78. The third-order valence-electron chi connectivity index (χ3n) is 4.04. The minimum Gasteiger partial charge on any atom is -0.493 e. The topological polar surface area (TPSA) is 84.9 Å². The Kier molecular flexibility index (Phi) is 6.68. The van der Waals surface area contributed by atoms with Crippen molar-refractivity contribution in [2.75, 3.05) is 32.1 Å². The first-order valence-electron chi connectivity index (χ1n) is 8.44. The lowest BCUT2D eigenvalue weighted by Gasteiger charge is -2.20. The van der Waals surface area contributed by atoms with Gasteiger partial charge in [0.2, 0.25) is 0 Å². The molecule has 0 aliphatic rings. The van der Waals surface area contributed by atoms with Gasteiger partial charge in [0, 0.05) is 25.2 Å². The van der Waals surface area contributed by atoms with Crippen LogP contribution in [0.25, 0.3) is 0 Å². The van der Waals surface area contributed by atoms with Crippen LogP contribution in [0.5, 0.6) is 11.5 Å². The fourth-order valence-electron chi connectivity index (χ4n) is 2.44. The Morgan fingerprint density at radius 2 is 1.67 bits per heavy atom. The molecule has 1 N–H and O–H groups in total. The van der Waals surface area contributed by atoms with Crippen molar-refractivity contribution in [2.24, 2.45) is 0 Å². The van der Waals surface area contributed by atoms with Crippen LogP contribution in [-0.4, -0.2) is 42.1 Å². The second kappa shape index (κ2) is 8.77. The number of benzene rings is 2. The second-order valence-electron chi connectivity index (χ2n) is 5.79. The third kappa shape index (κ3) is 4.51. The summed E-state index contributed by atoms with van der Waals surface area (Å²) < 4.78 is 37.3. The van der Waals surface area contributed by atoms with E-state index in [-0.39, 0.29) is 10.8 Å². The number of hydrogen-bond acceptors (Lipinski definition) is 5. The first-order chi connectivity index (χ1) is 12.8. The summed E-state index contributed by atoms with van der Waals surface area (Å²) in [6.07, 6.45) is 0.843. The molecule has 0 aliphatic heterocycles. The number of rotatable bonds is 8. The largest absolute Gasteiger partial charge is 0.493 e. The maximum absolute atomic E-state index is 12.9. The van der Waals surface area contributed by atoms with E-state index < -0.39 is 10.0 Å². The molecule has 0 heterocycles. The standard InChI is InChI=1S/C19H24N2O5S/c1-5-12-20-19(22)14-6-8-15(9-7-14)21(2)27(23,24)16-10-11-17(25-3)18(13-16)26-4/h6-11,13H,5,12H2,1-4H3,(H,20,22). The molecule has 2 aromatic rings. The van der Waals surface area contributed by atoms with Crippen LogP contribution >= 0.6 is 0 Å². The molecule has 7 nitrogen and oxygen atoms in total. The molecule has 0 spiro atoms. The normalized spacial score (nSPS) is 11.0. The van der Waals surface area contributed by atoms with Gasteiger partial charge in [-0.25, -0.2) is 8.42 Å². The van der Waals surface area contributed by atoms with Crippen molar-refractivity contribution in [3.8, 4) is 11.5 Å². The Morgan fingerprint density at radius 1 is 1.04 bits per heavy atom. The van der Waals surface area contributed by atoms with Crippen molar-refractivity contribution in [1.29, 1.82) is 0 Å². The zero-order chi connectivity index (χ0) is 20.0. The van der Waals surface area contributed by atoms with Crippen LogP contribution in [0.3, 0.4) is 0 Å². The Labute approximate surface area is 160 Å². The van der Waals surface area contributed by atoms with Gasteiger partial charge in [-0.15, -0.1) is 0 Å². The van der Waals surface area contributed by atoms with Gasteiger partial charge in [-0.3, -0.25) is 9.10 Å². The highest BCUT2D eigenvalue weighted by atomic mass is 32.2. The molecule has 0 saturated heterocycles. The van der Waals surface area contributed by atoms with E-state index in [1.807, 2.05) is 6.92 Å². The summed E-state index contributed by atoms with van der Waals surface area (Å²) in [5.41, 5.74) is 0.918. The number of hydrogen-bond donors (Lipinski definition) is 1. The number of carbonyl (C=O) groups is 1. The Morgan fingerprint density at radius 3 is 2.22 bits per heavy atom. The lowest BCUT2D eigenvalue weighted by atomic mass is 10.2. The van der Waals surface area contributed by atoms with E-state index in [1.54, 1.807) is 30.3 Å². The zero-order valence-electron chi connectivity index (χ0n) is 15.9. The van der Waals surface area contributed by atoms with E-state index in [9.17, 15) is 13.2 Å². The molecule has 0 saturated carbocycles. The average molecular weight is 392 g/mol. The first-order valence-corrected chi connectivity index (χ1v) is 9.88. The van der Waals surface area contributed by atoms with E-state index in [1.165, 1.54) is 33.4 Å². The number of amides is 1. The number of anilines is 1. The van der Waals surface area contributed by atoms with Gasteiger partial charge in [0.25, 0.3) is 15.9 Å². The van der Waals surface area contributed by atoms with Crippen LogP contribution in [0.1, 0.15) is 23.7 Å². The molecule has 0 fully saturated rings. The number of carbonyl (C=O) groups excluding carboxylic acids is 1. The predicted octanol–water partition coefficient (Wildman–Crippen LogP) is 2.67. The number of ether oxygens (including phenoxy) is 2. The van der Waals surface area contributed by atoms with Gasteiger partial charge < -0.3 is 14.8 Å². The van der Waals surface area contributed by atoms with Crippen molar-refractivity contribution in [3.05, 3.63) is 48.0 Å². The minimum atomic E-state index is -3.80. The molecule has 0 atom stereocenters. The molecule has 0 unspecified atom stereocenters. The van der Waals surface area contributed by atoms with Gasteiger partial charge in [-0.2, -0.15) is 0 Å². The monoisotopic (exact) mass is 392 g/mol. The van der Waals surface area contributed by atoms with Gasteiger partial charge >= 0.3 is 0 Å². The minimum absolute atomic E-state index is 0.0763. The van der Waals surface area contributed by atoms with E-state index in [4.69, 9.17) is 9.47 Å². The molecular formula is C19H24N2O5S. The van der Waals surface area contributed by atoms with Crippen LogP contribution in [0.4, 0.5) is 5.69 Å². The van der Waals surface area contributed by atoms with Gasteiger partial charge in [0.1, 0.15) is 0 Å². The SMILES string of the molecule is CCCNC(=O)c1ccc(N(C)S(=O)(=O)c2ccc(OC)c(OC)c2)cc1. The first kappa shape index (κ1) is 20.6. The van der Waals surface area contributed by atoms with Crippen molar-refractivity contribution < 1.29 is 22.7 Å². The van der Waals surface area contributed by atoms with Crippen molar-refractivity contribution in [1.82, 2.24) is 5.32 Å². The number of nitrogens with one attached hydrogen (secondary N) is 1. The zero-order valence-corrected chi connectivity index (χ0v) is 16.7. The highest BCUT2D eigenvalue weighted by molar-refractivity contribution is 7.92. The van der Waals surface area contributed by atoms with Crippen LogP contribution in [0, 0.1) is 0 Å². The molecule has 8 heteroatoms. The predicted molar refractivity (Wildman–Crippen MR) is 104 cm³/mol. The summed E-state index contributed by atoms with van der Waals surface area (Å²) in [4.78, 5) is 12.0. The smallest absolute Gasteiger partial charge is 0.264 e. The Bertz CT molecular complexity index is 895. The molecule has 1 amide bonds. The molecular weight excluding hydrogens is 368 g/mol. The summed E-state index contributed by atoms with van der Waals surface area (Å²) >= 11 is 0. The van der Waals surface area contributed by atoms with E-state index >= 15 is 0 Å². The van der Waals surface area contributed by atoms with Crippen LogP contribution < -0.4 is 19.1 Å². The molecule has 2 aromatic carbocycles. The fourth-order valence-corrected chi connectivity index (χ4v) is 3.65. The molecule has 0 aliphatic carbocycles. The molecule has 2 rings (SSSR count). The highest BCUT2D eigenvalue weighted by Gasteiger charge is 2.23. The average Bonchev–Trinajstić information content (AvgIpc) is 2.70. The number of nitrogens with zero attached hydrogens (tertiary/aromatic N) is 1. The number of methoxy groups -OCH3 is 2. The van der Waals surface area contributed by atoms with Crippen molar-refractivity contribution in [3.63, 3.8) is 0 Å². The highest BCUT2D eigenvalue weighted by Crippen LogP contribution is 2.31. The molecule has 27 heavy (non-hydrogen) atoms. The maximum atomic E-state index is 12.9. The molecule has 0 aromatic heterocycles. The summed E-state index contributed by atoms with van der Waals surface area (Å²) in [6, 6.07) is 10.8. The van der Waals surface area contributed by atoms with E-state index in [2.05, 4.69) is 5.32 Å². The van der Waals surface area contributed by atoms with E-state index in [0.717, 1.165) is 10.7 Å². The molecule has 0 radical (unpaired) electrons.